The number of hydrogen-bond acceptors (Lipinski definition) is 8. The highest BCUT2D eigenvalue weighted by molar-refractivity contribution is 7.99. The van der Waals surface area contributed by atoms with Gasteiger partial charge in [-0.2, -0.15) is 0 Å². The van der Waals surface area contributed by atoms with Crippen molar-refractivity contribution in [2.24, 2.45) is 0 Å². The number of rotatable bonds is 11. The summed E-state index contributed by atoms with van der Waals surface area (Å²) in [5, 5.41) is -0.0953. The third kappa shape index (κ3) is 6.02. The second kappa shape index (κ2) is 13.4. The molecule has 0 heterocycles. The van der Waals surface area contributed by atoms with E-state index in [9.17, 15) is 0 Å². The topological polar surface area (TPSA) is 64.6 Å². The standard InChI is InChI=1S/C35H38O7S/c1-36-24-11-8-21(9-12-24)20-43-35-28-17-26(38-3)19-32(42-7)34(28)27(22-10-13-29(39-4)30(16-22)40-5)15-23-14-25(37-2)18-31(41-6)33(23)35/h8-14,16-19,27,35H,15,20H2,1-7H3/t27-,35?/m1/s1. The van der Waals surface area contributed by atoms with Crippen molar-refractivity contribution in [1.29, 1.82) is 0 Å². The molecule has 1 aliphatic carbocycles. The van der Waals surface area contributed by atoms with Gasteiger partial charge in [-0.15, -0.1) is 11.8 Å². The third-order valence-corrected chi connectivity index (χ3v) is 9.29. The smallest absolute Gasteiger partial charge is 0.161 e. The summed E-state index contributed by atoms with van der Waals surface area (Å²) in [4.78, 5) is 0. The number of methoxy groups -OCH3 is 7. The highest BCUT2D eigenvalue weighted by Crippen LogP contribution is 2.54. The van der Waals surface area contributed by atoms with Gasteiger partial charge >= 0.3 is 0 Å². The molecule has 1 unspecified atom stereocenters. The van der Waals surface area contributed by atoms with Gasteiger partial charge < -0.3 is 33.2 Å². The van der Waals surface area contributed by atoms with Gasteiger partial charge in [0.15, 0.2) is 11.5 Å². The van der Waals surface area contributed by atoms with Crippen molar-refractivity contribution < 1.29 is 33.2 Å². The molecule has 0 radical (unpaired) electrons. The lowest BCUT2D eigenvalue weighted by atomic mass is 9.84. The zero-order chi connectivity index (χ0) is 30.5. The molecule has 0 fully saturated rings. The molecule has 0 amide bonds. The van der Waals surface area contributed by atoms with E-state index >= 15 is 0 Å². The molecule has 0 aromatic heterocycles. The average Bonchev–Trinajstić information content (AvgIpc) is 3.20. The Morgan fingerprint density at radius 2 is 1.16 bits per heavy atom. The van der Waals surface area contributed by atoms with Gasteiger partial charge in [-0.05, 0) is 65.1 Å². The molecule has 0 aliphatic heterocycles. The number of benzene rings is 4. The molecule has 226 valence electrons. The van der Waals surface area contributed by atoms with Gasteiger partial charge in [0.25, 0.3) is 0 Å². The van der Waals surface area contributed by atoms with Gasteiger partial charge in [0.2, 0.25) is 0 Å². The minimum atomic E-state index is -0.0953. The van der Waals surface area contributed by atoms with Crippen molar-refractivity contribution in [3.8, 4) is 40.2 Å². The summed E-state index contributed by atoms with van der Waals surface area (Å²) in [7, 11) is 11.8. The van der Waals surface area contributed by atoms with Crippen LogP contribution in [0.2, 0.25) is 0 Å². The Morgan fingerprint density at radius 3 is 1.77 bits per heavy atom. The molecule has 0 bridgehead atoms. The average molecular weight is 603 g/mol. The van der Waals surface area contributed by atoms with Crippen LogP contribution in [-0.2, 0) is 12.2 Å². The summed E-state index contributed by atoms with van der Waals surface area (Å²) in [5.74, 6) is 5.90. The molecule has 0 spiro atoms. The lowest BCUT2D eigenvalue weighted by Gasteiger charge is -2.26. The van der Waals surface area contributed by atoms with Crippen molar-refractivity contribution in [2.75, 3.05) is 49.8 Å². The summed E-state index contributed by atoms with van der Waals surface area (Å²) in [6.45, 7) is 0. The molecule has 1 aliphatic rings. The lowest BCUT2D eigenvalue weighted by Crippen LogP contribution is -2.09. The molecule has 5 rings (SSSR count). The van der Waals surface area contributed by atoms with Crippen LogP contribution in [0.1, 0.15) is 44.5 Å². The lowest BCUT2D eigenvalue weighted by molar-refractivity contribution is 0.354. The first-order valence-corrected chi connectivity index (χ1v) is 15.0. The Kier molecular flexibility index (Phi) is 9.46. The summed E-state index contributed by atoms with van der Waals surface area (Å²) >= 11 is 1.84. The Hall–Kier alpha value is -4.17. The molecule has 0 saturated heterocycles. The zero-order valence-corrected chi connectivity index (χ0v) is 26.5. The predicted octanol–water partition coefficient (Wildman–Crippen LogP) is 7.46. The third-order valence-electron chi connectivity index (χ3n) is 7.96. The molecule has 0 N–H and O–H groups in total. The molecule has 0 saturated carbocycles. The van der Waals surface area contributed by atoms with E-state index in [0.29, 0.717) is 17.9 Å². The van der Waals surface area contributed by atoms with Crippen LogP contribution in [0.25, 0.3) is 0 Å². The van der Waals surface area contributed by atoms with Gasteiger partial charge in [-0.3, -0.25) is 0 Å². The Bertz CT molecular complexity index is 1570. The van der Waals surface area contributed by atoms with Crippen molar-refractivity contribution in [3.05, 3.63) is 100 Å². The predicted molar refractivity (Wildman–Crippen MR) is 170 cm³/mol. The highest BCUT2D eigenvalue weighted by atomic mass is 32.2. The van der Waals surface area contributed by atoms with Crippen LogP contribution in [0, 0.1) is 0 Å². The van der Waals surface area contributed by atoms with Crippen LogP contribution in [0.5, 0.6) is 40.2 Å². The maximum Gasteiger partial charge on any atom is 0.161 e. The van der Waals surface area contributed by atoms with E-state index in [-0.39, 0.29) is 11.2 Å². The van der Waals surface area contributed by atoms with Gasteiger partial charge in [0.1, 0.15) is 28.7 Å². The molecular formula is C35H38O7S. The first-order chi connectivity index (χ1) is 21.0. The van der Waals surface area contributed by atoms with Crippen LogP contribution in [0.15, 0.2) is 66.7 Å². The summed E-state index contributed by atoms with van der Waals surface area (Å²) in [6.07, 6.45) is 0.688. The highest BCUT2D eigenvalue weighted by Gasteiger charge is 2.36. The molecule has 4 aromatic rings. The normalized spacial score (nSPS) is 15.4. The molecule has 4 aromatic carbocycles. The largest absolute Gasteiger partial charge is 0.497 e. The summed E-state index contributed by atoms with van der Waals surface area (Å²) in [6, 6.07) is 22.5. The molecule has 2 atom stereocenters. The van der Waals surface area contributed by atoms with E-state index in [1.54, 1.807) is 49.8 Å². The molecule has 7 nitrogen and oxygen atoms in total. The van der Waals surface area contributed by atoms with Crippen LogP contribution in [0.3, 0.4) is 0 Å². The second-order valence-electron chi connectivity index (χ2n) is 10.1. The van der Waals surface area contributed by atoms with Crippen molar-refractivity contribution >= 4 is 11.8 Å². The Morgan fingerprint density at radius 1 is 0.558 bits per heavy atom. The van der Waals surface area contributed by atoms with Crippen LogP contribution in [-0.4, -0.2) is 49.8 Å². The van der Waals surface area contributed by atoms with E-state index in [0.717, 1.165) is 62.3 Å². The van der Waals surface area contributed by atoms with Crippen molar-refractivity contribution in [3.63, 3.8) is 0 Å². The first kappa shape index (κ1) is 30.3. The number of thioether (sulfide) groups is 1. The number of fused-ring (bicyclic) bond motifs is 2. The van der Waals surface area contributed by atoms with Gasteiger partial charge in [0.05, 0.1) is 55.0 Å². The maximum atomic E-state index is 6.09. The summed E-state index contributed by atoms with van der Waals surface area (Å²) < 4.78 is 40.3. The van der Waals surface area contributed by atoms with Crippen LogP contribution < -0.4 is 33.2 Å². The fourth-order valence-corrected chi connectivity index (χ4v) is 7.17. The van der Waals surface area contributed by atoms with Crippen LogP contribution >= 0.6 is 11.8 Å². The molecular weight excluding hydrogens is 564 g/mol. The maximum absolute atomic E-state index is 6.09. The van der Waals surface area contributed by atoms with Gasteiger partial charge in [-0.1, -0.05) is 18.2 Å². The van der Waals surface area contributed by atoms with E-state index in [1.165, 1.54) is 5.56 Å². The fourth-order valence-electron chi connectivity index (χ4n) is 5.81. The SMILES string of the molecule is COc1ccc(CSC2c3cc(OC)cc(OC)c3[C@@H](c3ccc(OC)c(OC)c3)Cc3cc(OC)cc(OC)c32)cc1. The fraction of sp³-hybridized carbons (Fsp3) is 0.314. The minimum absolute atomic E-state index is 0.0715. The molecule has 8 heteroatoms. The quantitative estimate of drug-likeness (QED) is 0.175. The first-order valence-electron chi connectivity index (χ1n) is 13.9. The Labute approximate surface area is 258 Å². The van der Waals surface area contributed by atoms with Gasteiger partial charge in [-0.25, -0.2) is 0 Å². The van der Waals surface area contributed by atoms with E-state index < -0.39 is 0 Å². The van der Waals surface area contributed by atoms with E-state index in [2.05, 4.69) is 36.4 Å². The van der Waals surface area contributed by atoms with E-state index in [4.69, 9.17) is 33.2 Å². The Balaban J connectivity index is 1.76. The van der Waals surface area contributed by atoms with Crippen molar-refractivity contribution in [1.82, 2.24) is 0 Å². The number of hydrogen-bond donors (Lipinski definition) is 0. The second-order valence-corrected chi connectivity index (χ2v) is 11.2. The van der Waals surface area contributed by atoms with Gasteiger partial charge in [0, 0.05) is 34.9 Å². The van der Waals surface area contributed by atoms with E-state index in [1.807, 2.05) is 42.1 Å². The van der Waals surface area contributed by atoms with Crippen molar-refractivity contribution in [2.45, 2.75) is 23.3 Å². The zero-order valence-electron chi connectivity index (χ0n) is 25.7. The number of ether oxygens (including phenoxy) is 7. The minimum Gasteiger partial charge on any atom is -0.497 e. The summed E-state index contributed by atoms with van der Waals surface area (Å²) in [5.41, 5.74) is 6.73. The van der Waals surface area contributed by atoms with Crippen LogP contribution in [0.4, 0.5) is 0 Å². The molecule has 43 heavy (non-hydrogen) atoms. The monoisotopic (exact) mass is 602 g/mol.